The van der Waals surface area contributed by atoms with E-state index in [0.29, 0.717) is 23.6 Å². The third kappa shape index (κ3) is 5.88. The molecule has 2 rings (SSSR count). The lowest BCUT2D eigenvalue weighted by atomic mass is 10.1. The predicted octanol–water partition coefficient (Wildman–Crippen LogP) is 3.99. The van der Waals surface area contributed by atoms with E-state index >= 15 is 0 Å². The van der Waals surface area contributed by atoms with Gasteiger partial charge in [0.2, 0.25) is 0 Å². The molecule has 26 heavy (non-hydrogen) atoms. The molecule has 0 radical (unpaired) electrons. The fourth-order valence-electron chi connectivity index (χ4n) is 2.70. The molecule has 2 aromatic rings. The average molecular weight is 378 g/mol. The van der Waals surface area contributed by atoms with Gasteiger partial charge in [0.1, 0.15) is 0 Å². The molecule has 0 fully saturated rings. The van der Waals surface area contributed by atoms with Gasteiger partial charge in [-0.15, -0.1) is 0 Å². The monoisotopic (exact) mass is 377 g/mol. The first-order chi connectivity index (χ1) is 12.5. The topological polar surface area (TPSA) is 84.2 Å². The van der Waals surface area contributed by atoms with Crippen LogP contribution in [0.5, 0.6) is 0 Å². The van der Waals surface area contributed by atoms with Crippen LogP contribution in [-0.2, 0) is 4.79 Å². The Morgan fingerprint density at radius 1 is 1.12 bits per heavy atom. The molecule has 0 saturated heterocycles. The maximum absolute atomic E-state index is 12.3. The van der Waals surface area contributed by atoms with Gasteiger partial charge in [-0.1, -0.05) is 30.9 Å². The van der Waals surface area contributed by atoms with Crippen LogP contribution in [0.1, 0.15) is 54.6 Å². The number of amides is 1. The second-order valence-electron chi connectivity index (χ2n) is 6.20. The molecule has 0 aliphatic carbocycles. The number of carboxylic acids is 1. The highest BCUT2D eigenvalue weighted by Crippen LogP contribution is 2.17. The number of carbonyl (C=O) groups excluding carboxylic acids is 1. The van der Waals surface area contributed by atoms with E-state index in [-0.39, 0.29) is 12.3 Å². The Morgan fingerprint density at radius 2 is 1.77 bits per heavy atom. The van der Waals surface area contributed by atoms with E-state index in [4.69, 9.17) is 16.7 Å². The summed E-state index contributed by atoms with van der Waals surface area (Å²) in [5.41, 5.74) is 2.19. The minimum atomic E-state index is -0.744. The number of halogens is 1. The van der Waals surface area contributed by atoms with Crippen molar-refractivity contribution in [3.05, 3.63) is 46.7 Å². The van der Waals surface area contributed by atoms with Gasteiger partial charge in [-0.2, -0.15) is 5.10 Å². The third-order valence-corrected chi connectivity index (χ3v) is 4.43. The number of benzene rings is 1. The van der Waals surface area contributed by atoms with Crippen molar-refractivity contribution in [1.82, 2.24) is 15.1 Å². The molecule has 0 unspecified atom stereocenters. The Bertz CT molecular complexity index is 741. The number of aromatic nitrogens is 2. The largest absolute Gasteiger partial charge is 0.481 e. The lowest BCUT2D eigenvalue weighted by Crippen LogP contribution is -2.24. The van der Waals surface area contributed by atoms with Gasteiger partial charge in [0.05, 0.1) is 23.1 Å². The maximum atomic E-state index is 12.3. The van der Waals surface area contributed by atoms with Crippen LogP contribution in [0.25, 0.3) is 5.69 Å². The van der Waals surface area contributed by atoms with Crippen LogP contribution in [0.2, 0.25) is 5.02 Å². The SMILES string of the molecule is Cc1c(C(=O)NCCCCCCCC(=O)O)cnn1-c1ccc(Cl)cc1. The minimum Gasteiger partial charge on any atom is -0.481 e. The molecule has 6 nitrogen and oxygen atoms in total. The van der Waals surface area contributed by atoms with Crippen molar-refractivity contribution in [1.29, 1.82) is 0 Å². The van der Waals surface area contributed by atoms with E-state index in [9.17, 15) is 9.59 Å². The Balaban J connectivity index is 1.76. The van der Waals surface area contributed by atoms with Crippen LogP contribution in [0, 0.1) is 6.92 Å². The van der Waals surface area contributed by atoms with Crippen LogP contribution in [0.4, 0.5) is 0 Å². The molecule has 0 bridgehead atoms. The van der Waals surface area contributed by atoms with E-state index in [2.05, 4.69) is 10.4 Å². The summed E-state index contributed by atoms with van der Waals surface area (Å²) in [6.07, 6.45) is 6.26. The highest BCUT2D eigenvalue weighted by atomic mass is 35.5. The summed E-state index contributed by atoms with van der Waals surface area (Å²) in [5.74, 6) is -0.875. The van der Waals surface area contributed by atoms with Crippen LogP contribution < -0.4 is 5.32 Å². The van der Waals surface area contributed by atoms with Gasteiger partial charge in [0.15, 0.2) is 0 Å². The molecule has 0 spiro atoms. The number of hydrogen-bond donors (Lipinski definition) is 2. The van der Waals surface area contributed by atoms with Crippen molar-refractivity contribution >= 4 is 23.5 Å². The van der Waals surface area contributed by atoms with Gasteiger partial charge in [-0.05, 0) is 44.0 Å². The van der Waals surface area contributed by atoms with Gasteiger partial charge in [0.25, 0.3) is 5.91 Å². The Hall–Kier alpha value is -2.34. The number of nitrogens with zero attached hydrogens (tertiary/aromatic N) is 2. The zero-order valence-corrected chi connectivity index (χ0v) is 15.6. The fraction of sp³-hybridized carbons (Fsp3) is 0.421. The molecule has 1 amide bonds. The Kier molecular flexibility index (Phi) is 7.66. The van der Waals surface area contributed by atoms with Crippen molar-refractivity contribution in [2.75, 3.05) is 6.54 Å². The summed E-state index contributed by atoms with van der Waals surface area (Å²) >= 11 is 5.90. The number of nitrogens with one attached hydrogen (secondary N) is 1. The predicted molar refractivity (Wildman–Crippen MR) is 101 cm³/mol. The number of carboxylic acid groups (broad SMARTS) is 1. The molecule has 1 aromatic heterocycles. The normalized spacial score (nSPS) is 10.7. The molecule has 0 saturated carbocycles. The van der Waals surface area contributed by atoms with Gasteiger partial charge < -0.3 is 10.4 Å². The summed E-state index contributed by atoms with van der Waals surface area (Å²) in [4.78, 5) is 22.7. The molecule has 0 atom stereocenters. The zero-order chi connectivity index (χ0) is 18.9. The number of rotatable bonds is 10. The van der Waals surface area contributed by atoms with Gasteiger partial charge in [-0.25, -0.2) is 4.68 Å². The first-order valence-electron chi connectivity index (χ1n) is 8.79. The summed E-state index contributed by atoms with van der Waals surface area (Å²) in [7, 11) is 0. The molecular formula is C19H24ClN3O3. The summed E-state index contributed by atoms with van der Waals surface area (Å²) in [6.45, 7) is 2.46. The van der Waals surface area contributed by atoms with E-state index < -0.39 is 5.97 Å². The Morgan fingerprint density at radius 3 is 2.46 bits per heavy atom. The average Bonchev–Trinajstić information content (AvgIpc) is 2.99. The van der Waals surface area contributed by atoms with Crippen LogP contribution in [0.3, 0.4) is 0 Å². The van der Waals surface area contributed by atoms with E-state index in [1.807, 2.05) is 19.1 Å². The summed E-state index contributed by atoms with van der Waals surface area (Å²) in [5, 5.41) is 16.4. The fourth-order valence-corrected chi connectivity index (χ4v) is 2.83. The van der Waals surface area contributed by atoms with Crippen molar-refractivity contribution in [3.63, 3.8) is 0 Å². The summed E-state index contributed by atoms with van der Waals surface area (Å²) in [6, 6.07) is 7.28. The maximum Gasteiger partial charge on any atom is 0.303 e. The van der Waals surface area contributed by atoms with Gasteiger partial charge in [-0.3, -0.25) is 9.59 Å². The van der Waals surface area contributed by atoms with E-state index in [1.165, 1.54) is 0 Å². The quantitative estimate of drug-likeness (QED) is 0.613. The van der Waals surface area contributed by atoms with Crippen LogP contribution >= 0.6 is 11.6 Å². The standard InChI is InChI=1S/C19H24ClN3O3/c1-14-17(13-22-23(14)16-10-8-15(20)9-11-16)19(26)21-12-6-4-2-3-5-7-18(24)25/h8-11,13H,2-7,12H2,1H3,(H,21,26)(H,24,25). The molecule has 140 valence electrons. The second-order valence-corrected chi connectivity index (χ2v) is 6.64. The molecule has 7 heteroatoms. The Labute approximate surface area is 158 Å². The van der Waals surface area contributed by atoms with E-state index in [0.717, 1.165) is 37.1 Å². The molecule has 1 aromatic carbocycles. The molecule has 0 aliphatic heterocycles. The molecule has 0 aliphatic rings. The molecular weight excluding hydrogens is 354 g/mol. The van der Waals surface area contributed by atoms with Crippen molar-refractivity contribution in [2.45, 2.75) is 45.4 Å². The number of carbonyl (C=O) groups is 2. The van der Waals surface area contributed by atoms with Crippen molar-refractivity contribution < 1.29 is 14.7 Å². The third-order valence-electron chi connectivity index (χ3n) is 4.18. The summed E-state index contributed by atoms with van der Waals surface area (Å²) < 4.78 is 1.72. The highest BCUT2D eigenvalue weighted by molar-refractivity contribution is 6.30. The van der Waals surface area contributed by atoms with E-state index in [1.54, 1.807) is 23.0 Å². The lowest BCUT2D eigenvalue weighted by Gasteiger charge is -2.07. The van der Waals surface area contributed by atoms with Crippen molar-refractivity contribution in [3.8, 4) is 5.69 Å². The number of aliphatic carboxylic acids is 1. The van der Waals surface area contributed by atoms with Crippen molar-refractivity contribution in [2.24, 2.45) is 0 Å². The lowest BCUT2D eigenvalue weighted by molar-refractivity contribution is -0.137. The first kappa shape index (κ1) is 20.0. The first-order valence-corrected chi connectivity index (χ1v) is 9.17. The smallest absolute Gasteiger partial charge is 0.303 e. The molecule has 1 heterocycles. The second kappa shape index (κ2) is 9.97. The number of hydrogen-bond acceptors (Lipinski definition) is 3. The van der Waals surface area contributed by atoms with Gasteiger partial charge in [0, 0.05) is 18.0 Å². The number of unbranched alkanes of at least 4 members (excludes halogenated alkanes) is 4. The highest BCUT2D eigenvalue weighted by Gasteiger charge is 2.14. The zero-order valence-electron chi connectivity index (χ0n) is 14.9. The van der Waals surface area contributed by atoms with Crippen LogP contribution in [-0.4, -0.2) is 33.3 Å². The van der Waals surface area contributed by atoms with Crippen LogP contribution in [0.15, 0.2) is 30.5 Å². The minimum absolute atomic E-state index is 0.131. The van der Waals surface area contributed by atoms with Gasteiger partial charge >= 0.3 is 5.97 Å². The molecule has 2 N–H and O–H groups in total.